The average Bonchev–Trinajstić information content (AvgIpc) is 3.27. The van der Waals surface area contributed by atoms with Crippen LogP contribution >= 0.6 is 11.8 Å². The van der Waals surface area contributed by atoms with Crippen LogP contribution < -0.4 is 9.67 Å². The second-order valence-corrected chi connectivity index (χ2v) is 7.02. The van der Waals surface area contributed by atoms with Crippen LogP contribution in [0.4, 0.5) is 0 Å². The van der Waals surface area contributed by atoms with E-state index in [-0.39, 0.29) is 17.0 Å². The number of rotatable bonds is 5. The van der Waals surface area contributed by atoms with E-state index in [1.165, 1.54) is 27.6 Å². The molecule has 2 aromatic heterocycles. The van der Waals surface area contributed by atoms with Gasteiger partial charge in [0.05, 0.1) is 23.4 Å². The van der Waals surface area contributed by atoms with Crippen LogP contribution in [-0.2, 0) is 16.1 Å². The Hall–Kier alpha value is -2.94. The van der Waals surface area contributed by atoms with E-state index in [2.05, 4.69) is 15.4 Å². The summed E-state index contributed by atoms with van der Waals surface area (Å²) in [5.74, 6) is -1.66. The third kappa shape index (κ3) is 2.70. The second-order valence-electron chi connectivity index (χ2n) is 6.06. The van der Waals surface area contributed by atoms with Gasteiger partial charge in [-0.15, -0.1) is 11.8 Å². The lowest BCUT2D eigenvalue weighted by atomic mass is 9.94. The van der Waals surface area contributed by atoms with Gasteiger partial charge < -0.3 is 9.90 Å². The van der Waals surface area contributed by atoms with Gasteiger partial charge in [-0.05, 0) is 23.5 Å². The Morgan fingerprint density at radius 2 is 2.19 bits per heavy atom. The molecule has 2 aliphatic rings. The van der Waals surface area contributed by atoms with Crippen molar-refractivity contribution in [1.29, 1.82) is 0 Å². The number of carboxylic acid groups (broad SMARTS) is 1. The third-order valence-corrected chi connectivity index (χ3v) is 5.50. The van der Waals surface area contributed by atoms with Gasteiger partial charge in [0.25, 0.3) is 5.91 Å². The number of H-pyrrole nitrogens is 1. The van der Waals surface area contributed by atoms with E-state index in [1.807, 2.05) is 36.0 Å². The Balaban J connectivity index is 1.63. The molecular weight excluding hydrogens is 354 g/mol. The SMILES string of the molecule is Cc1cc[n+](CC/C(=C2\C(=O)N3C(C(=O)[O-])=CS[C@H]23)c2cn[nH]n2)cc1. The standard InChI is InChI=1S/C17H15N5O3S/c1-10-2-5-21(6-3-10)7-4-11(12-8-18-20-19-12)14-15(23)22-13(17(24)25)9-26-16(14)22/h2-3,5-6,8-9,16H,4,7H2,1H3,(H-,18,19,20,23,24,25)/t16-/m1/s1. The van der Waals surface area contributed by atoms with Crippen LogP contribution in [0, 0.1) is 6.92 Å². The minimum absolute atomic E-state index is 0.0823. The molecule has 1 atom stereocenters. The van der Waals surface area contributed by atoms with E-state index in [0.29, 0.717) is 24.2 Å². The van der Waals surface area contributed by atoms with Crippen LogP contribution in [0.1, 0.15) is 17.7 Å². The van der Waals surface area contributed by atoms with Gasteiger partial charge in [-0.3, -0.25) is 9.69 Å². The number of fused-ring (bicyclic) bond motifs is 1. The molecule has 0 radical (unpaired) electrons. The quantitative estimate of drug-likeness (QED) is 0.443. The molecule has 9 heteroatoms. The molecule has 1 saturated heterocycles. The normalized spacial score (nSPS) is 20.5. The smallest absolute Gasteiger partial charge is 0.258 e. The van der Waals surface area contributed by atoms with Crippen LogP contribution in [0.5, 0.6) is 0 Å². The summed E-state index contributed by atoms with van der Waals surface area (Å²) in [4.78, 5) is 25.0. The molecule has 0 aromatic carbocycles. The number of nitrogens with zero attached hydrogens (tertiary/aromatic N) is 4. The molecule has 0 unspecified atom stereocenters. The Kier molecular flexibility index (Phi) is 4.08. The lowest BCUT2D eigenvalue weighted by Crippen LogP contribution is -2.53. The van der Waals surface area contributed by atoms with Crippen LogP contribution in [0.15, 0.2) is 47.4 Å². The van der Waals surface area contributed by atoms with Crippen molar-refractivity contribution in [3.63, 3.8) is 0 Å². The molecule has 1 fully saturated rings. The molecule has 0 saturated carbocycles. The number of aromatic nitrogens is 4. The number of amides is 1. The predicted molar refractivity (Wildman–Crippen MR) is 90.6 cm³/mol. The van der Waals surface area contributed by atoms with Crippen molar-refractivity contribution < 1.29 is 19.3 Å². The Bertz CT molecular complexity index is 934. The highest BCUT2D eigenvalue weighted by atomic mass is 32.2. The van der Waals surface area contributed by atoms with Crippen molar-refractivity contribution >= 4 is 29.2 Å². The molecule has 26 heavy (non-hydrogen) atoms. The maximum Gasteiger partial charge on any atom is 0.258 e. The van der Waals surface area contributed by atoms with Crippen LogP contribution in [-0.4, -0.2) is 37.6 Å². The van der Waals surface area contributed by atoms with Gasteiger partial charge in [-0.2, -0.15) is 15.4 Å². The fraction of sp³-hybridized carbons (Fsp3) is 0.235. The van der Waals surface area contributed by atoms with E-state index in [9.17, 15) is 14.7 Å². The number of carbonyl (C=O) groups excluding carboxylic acids is 2. The zero-order valence-corrected chi connectivity index (χ0v) is 14.7. The first kappa shape index (κ1) is 16.5. The number of aromatic amines is 1. The number of carboxylic acids is 1. The summed E-state index contributed by atoms with van der Waals surface area (Å²) >= 11 is 1.29. The lowest BCUT2D eigenvalue weighted by Gasteiger charge is -2.39. The van der Waals surface area contributed by atoms with Gasteiger partial charge in [0, 0.05) is 18.6 Å². The zero-order chi connectivity index (χ0) is 18.3. The van der Waals surface area contributed by atoms with Crippen molar-refractivity contribution in [2.24, 2.45) is 0 Å². The topological polar surface area (TPSA) is 106 Å². The third-order valence-electron chi connectivity index (χ3n) is 4.44. The summed E-state index contributed by atoms with van der Waals surface area (Å²) in [6.07, 6.45) is 6.11. The Labute approximate surface area is 153 Å². The molecule has 8 nitrogen and oxygen atoms in total. The van der Waals surface area contributed by atoms with Crippen LogP contribution in [0.3, 0.4) is 0 Å². The fourth-order valence-corrected chi connectivity index (χ4v) is 4.23. The van der Waals surface area contributed by atoms with Gasteiger partial charge >= 0.3 is 0 Å². The number of aliphatic carboxylic acids is 1. The van der Waals surface area contributed by atoms with Crippen molar-refractivity contribution in [3.05, 3.63) is 58.7 Å². The van der Waals surface area contributed by atoms with Gasteiger partial charge in [0.2, 0.25) is 0 Å². The van der Waals surface area contributed by atoms with Gasteiger partial charge in [-0.25, -0.2) is 4.57 Å². The minimum Gasteiger partial charge on any atom is -0.543 e. The number of hydrogen-bond donors (Lipinski definition) is 1. The summed E-state index contributed by atoms with van der Waals surface area (Å²) in [5, 5.41) is 22.8. The summed E-state index contributed by atoms with van der Waals surface area (Å²) in [5.41, 5.74) is 3.04. The molecule has 1 amide bonds. The van der Waals surface area contributed by atoms with Crippen molar-refractivity contribution in [2.45, 2.75) is 25.3 Å². The first-order valence-electron chi connectivity index (χ1n) is 8.01. The summed E-state index contributed by atoms with van der Waals surface area (Å²) in [7, 11) is 0. The molecule has 4 rings (SSSR count). The molecule has 2 aromatic rings. The number of carbonyl (C=O) groups is 2. The molecular formula is C17H15N5O3S. The number of nitrogens with one attached hydrogen (secondary N) is 1. The highest BCUT2D eigenvalue weighted by Crippen LogP contribution is 2.47. The highest BCUT2D eigenvalue weighted by Gasteiger charge is 2.49. The van der Waals surface area contributed by atoms with E-state index >= 15 is 0 Å². The molecule has 2 aliphatic heterocycles. The fourth-order valence-electron chi connectivity index (χ4n) is 3.05. The zero-order valence-electron chi connectivity index (χ0n) is 13.9. The predicted octanol–water partition coefficient (Wildman–Crippen LogP) is -0.249. The van der Waals surface area contributed by atoms with Crippen molar-refractivity contribution in [3.8, 4) is 0 Å². The molecule has 1 N–H and O–H groups in total. The number of thioether (sulfide) groups is 1. The monoisotopic (exact) mass is 369 g/mol. The van der Waals surface area contributed by atoms with Crippen molar-refractivity contribution in [2.75, 3.05) is 0 Å². The number of aryl methyl sites for hydroxylation is 2. The Morgan fingerprint density at radius 3 is 2.85 bits per heavy atom. The molecule has 4 heterocycles. The second kappa shape index (κ2) is 6.41. The number of pyridine rings is 1. The largest absolute Gasteiger partial charge is 0.543 e. The number of β-lactam (4-membered cyclic amide) rings is 1. The summed E-state index contributed by atoms with van der Waals surface area (Å²) in [6, 6.07) is 4.03. The van der Waals surface area contributed by atoms with Gasteiger partial charge in [-0.1, -0.05) is 0 Å². The molecule has 132 valence electrons. The summed E-state index contributed by atoms with van der Waals surface area (Å²) in [6.45, 7) is 2.69. The van der Waals surface area contributed by atoms with Gasteiger partial charge in [0.15, 0.2) is 18.9 Å². The first-order valence-corrected chi connectivity index (χ1v) is 8.96. The highest BCUT2D eigenvalue weighted by molar-refractivity contribution is 8.03. The van der Waals surface area contributed by atoms with E-state index in [0.717, 1.165) is 5.57 Å². The molecule has 0 aliphatic carbocycles. The average molecular weight is 369 g/mol. The minimum atomic E-state index is -1.34. The molecule has 0 spiro atoms. The van der Waals surface area contributed by atoms with Crippen molar-refractivity contribution in [1.82, 2.24) is 20.3 Å². The van der Waals surface area contributed by atoms with Crippen LogP contribution in [0.2, 0.25) is 0 Å². The van der Waals surface area contributed by atoms with Gasteiger partial charge in [0.1, 0.15) is 11.1 Å². The molecule has 0 bridgehead atoms. The Morgan fingerprint density at radius 1 is 1.42 bits per heavy atom. The number of allylic oxidation sites excluding steroid dienone is 1. The first-order chi connectivity index (χ1) is 12.6. The maximum absolute atomic E-state index is 12.6. The maximum atomic E-state index is 12.6. The summed E-state index contributed by atoms with van der Waals surface area (Å²) < 4.78 is 2.03. The van der Waals surface area contributed by atoms with E-state index < -0.39 is 5.97 Å². The van der Waals surface area contributed by atoms with E-state index in [4.69, 9.17) is 0 Å². The lowest BCUT2D eigenvalue weighted by molar-refractivity contribution is -0.695. The van der Waals surface area contributed by atoms with Crippen LogP contribution in [0.25, 0.3) is 5.57 Å². The van der Waals surface area contributed by atoms with E-state index in [1.54, 1.807) is 6.20 Å². The number of hydrogen-bond acceptors (Lipinski definition) is 6.